The Labute approximate surface area is 78.9 Å². The van der Waals surface area contributed by atoms with Crippen molar-refractivity contribution in [3.05, 3.63) is 0 Å². The van der Waals surface area contributed by atoms with Crippen LogP contribution in [0.5, 0.6) is 0 Å². The SMILES string of the molecule is CCP(CC)CCC1CCCC1. The van der Waals surface area contributed by atoms with Crippen LogP contribution in [0.4, 0.5) is 0 Å². The largest absolute Gasteiger partial charge is 0.107 e. The zero-order chi connectivity index (χ0) is 8.81. The second-order valence-electron chi connectivity index (χ2n) is 3.97. The molecule has 0 N–H and O–H groups in total. The first-order valence-electron chi connectivity index (χ1n) is 5.59. The molecule has 0 aromatic carbocycles. The van der Waals surface area contributed by atoms with Crippen molar-refractivity contribution in [2.24, 2.45) is 5.92 Å². The summed E-state index contributed by atoms with van der Waals surface area (Å²) >= 11 is 0. The van der Waals surface area contributed by atoms with E-state index >= 15 is 0 Å². The van der Waals surface area contributed by atoms with Crippen molar-refractivity contribution in [2.75, 3.05) is 18.5 Å². The highest BCUT2D eigenvalue weighted by molar-refractivity contribution is 7.57. The molecule has 72 valence electrons. The fourth-order valence-electron chi connectivity index (χ4n) is 2.20. The van der Waals surface area contributed by atoms with E-state index in [0.717, 1.165) is 5.92 Å². The van der Waals surface area contributed by atoms with Gasteiger partial charge in [-0.2, -0.15) is 0 Å². The van der Waals surface area contributed by atoms with E-state index in [1.54, 1.807) is 12.6 Å². The first kappa shape index (κ1) is 10.5. The van der Waals surface area contributed by atoms with E-state index in [1.165, 1.54) is 38.0 Å². The van der Waals surface area contributed by atoms with Gasteiger partial charge in [0.15, 0.2) is 0 Å². The summed E-state index contributed by atoms with van der Waals surface area (Å²) in [5.41, 5.74) is 0. The molecule has 1 fully saturated rings. The number of hydrogen-bond acceptors (Lipinski definition) is 0. The Morgan fingerprint density at radius 2 is 1.67 bits per heavy atom. The van der Waals surface area contributed by atoms with Crippen molar-refractivity contribution in [1.29, 1.82) is 0 Å². The minimum Gasteiger partial charge on any atom is -0.107 e. The van der Waals surface area contributed by atoms with Gasteiger partial charge in [0.25, 0.3) is 0 Å². The van der Waals surface area contributed by atoms with Gasteiger partial charge in [0.2, 0.25) is 0 Å². The molecule has 0 radical (unpaired) electrons. The summed E-state index contributed by atoms with van der Waals surface area (Å²) in [5.74, 6) is 1.12. The van der Waals surface area contributed by atoms with Gasteiger partial charge in [0.05, 0.1) is 0 Å². The quantitative estimate of drug-likeness (QED) is 0.567. The van der Waals surface area contributed by atoms with E-state index < -0.39 is 0 Å². The molecule has 0 aliphatic heterocycles. The van der Waals surface area contributed by atoms with Crippen molar-refractivity contribution in [2.45, 2.75) is 46.0 Å². The van der Waals surface area contributed by atoms with E-state index in [0.29, 0.717) is 7.92 Å². The van der Waals surface area contributed by atoms with Crippen LogP contribution in [0.3, 0.4) is 0 Å². The summed E-state index contributed by atoms with van der Waals surface area (Å²) in [6.07, 6.45) is 12.1. The van der Waals surface area contributed by atoms with Crippen LogP contribution in [0.1, 0.15) is 46.0 Å². The predicted molar refractivity (Wildman–Crippen MR) is 59.4 cm³/mol. The maximum atomic E-state index is 2.36. The van der Waals surface area contributed by atoms with E-state index in [4.69, 9.17) is 0 Å². The number of rotatable bonds is 5. The molecule has 1 aliphatic rings. The molecule has 0 spiro atoms. The van der Waals surface area contributed by atoms with Crippen LogP contribution in [-0.2, 0) is 0 Å². The maximum absolute atomic E-state index is 2.36. The molecule has 0 saturated heterocycles. The van der Waals surface area contributed by atoms with Crippen molar-refractivity contribution < 1.29 is 0 Å². The molecular formula is C11H23P. The predicted octanol–water partition coefficient (Wildman–Crippen LogP) is 4.09. The Hall–Kier alpha value is 0.430. The Morgan fingerprint density at radius 3 is 2.17 bits per heavy atom. The van der Waals surface area contributed by atoms with Gasteiger partial charge in [-0.15, -0.1) is 7.92 Å². The zero-order valence-corrected chi connectivity index (χ0v) is 9.58. The lowest BCUT2D eigenvalue weighted by atomic mass is 10.1. The zero-order valence-electron chi connectivity index (χ0n) is 8.68. The Bertz CT molecular complexity index is 99.6. The monoisotopic (exact) mass is 186 g/mol. The first-order valence-corrected chi connectivity index (χ1v) is 7.49. The van der Waals surface area contributed by atoms with Crippen LogP contribution in [0.25, 0.3) is 0 Å². The molecule has 0 bridgehead atoms. The van der Waals surface area contributed by atoms with Crippen LogP contribution in [0.2, 0.25) is 0 Å². The summed E-state index contributed by atoms with van der Waals surface area (Å²) in [6, 6.07) is 0. The first-order chi connectivity index (χ1) is 5.86. The van der Waals surface area contributed by atoms with E-state index in [-0.39, 0.29) is 0 Å². The van der Waals surface area contributed by atoms with Gasteiger partial charge in [0, 0.05) is 0 Å². The Morgan fingerprint density at radius 1 is 1.08 bits per heavy atom. The molecule has 12 heavy (non-hydrogen) atoms. The topological polar surface area (TPSA) is 0 Å². The van der Waals surface area contributed by atoms with Crippen molar-refractivity contribution >= 4 is 7.92 Å². The smallest absolute Gasteiger partial charge is 0.0323 e. The van der Waals surface area contributed by atoms with Gasteiger partial charge in [-0.3, -0.25) is 0 Å². The lowest BCUT2D eigenvalue weighted by Gasteiger charge is -2.15. The standard InChI is InChI=1S/C11H23P/c1-3-12(4-2)10-9-11-7-5-6-8-11/h11H,3-10H2,1-2H3. The summed E-state index contributed by atoms with van der Waals surface area (Å²) in [6.45, 7) is 4.73. The van der Waals surface area contributed by atoms with E-state index in [1.807, 2.05) is 0 Å². The minimum atomic E-state index is 0.428. The maximum Gasteiger partial charge on any atom is -0.0323 e. The lowest BCUT2D eigenvalue weighted by Crippen LogP contribution is -1.98. The lowest BCUT2D eigenvalue weighted by molar-refractivity contribution is 0.533. The van der Waals surface area contributed by atoms with Crippen LogP contribution in [0, 0.1) is 5.92 Å². The van der Waals surface area contributed by atoms with Crippen molar-refractivity contribution in [1.82, 2.24) is 0 Å². The molecule has 1 heteroatoms. The molecule has 0 unspecified atom stereocenters. The second kappa shape index (κ2) is 5.97. The highest BCUT2D eigenvalue weighted by atomic mass is 31.1. The Balaban J connectivity index is 2.06. The highest BCUT2D eigenvalue weighted by Crippen LogP contribution is 2.38. The third kappa shape index (κ3) is 3.44. The van der Waals surface area contributed by atoms with Crippen molar-refractivity contribution in [3.8, 4) is 0 Å². The minimum absolute atomic E-state index is 0.428. The van der Waals surface area contributed by atoms with Gasteiger partial charge in [0.1, 0.15) is 0 Å². The molecule has 0 atom stereocenters. The van der Waals surface area contributed by atoms with Gasteiger partial charge in [-0.25, -0.2) is 0 Å². The summed E-state index contributed by atoms with van der Waals surface area (Å²) in [7, 11) is 0.428. The fraction of sp³-hybridized carbons (Fsp3) is 1.00. The van der Waals surface area contributed by atoms with Crippen molar-refractivity contribution in [3.63, 3.8) is 0 Å². The highest BCUT2D eigenvalue weighted by Gasteiger charge is 2.15. The van der Waals surface area contributed by atoms with Gasteiger partial charge < -0.3 is 0 Å². The summed E-state index contributed by atoms with van der Waals surface area (Å²) < 4.78 is 0. The number of hydrogen-bond donors (Lipinski definition) is 0. The van der Waals surface area contributed by atoms with Crippen LogP contribution >= 0.6 is 7.92 Å². The van der Waals surface area contributed by atoms with Crippen LogP contribution < -0.4 is 0 Å². The Kier molecular flexibility index (Phi) is 5.23. The third-order valence-corrected chi connectivity index (χ3v) is 5.90. The summed E-state index contributed by atoms with van der Waals surface area (Å²) in [4.78, 5) is 0. The summed E-state index contributed by atoms with van der Waals surface area (Å²) in [5, 5.41) is 0. The average molecular weight is 186 g/mol. The molecule has 1 aliphatic carbocycles. The fourth-order valence-corrected chi connectivity index (χ4v) is 4.01. The third-order valence-electron chi connectivity index (χ3n) is 3.22. The molecule has 0 amide bonds. The average Bonchev–Trinajstić information content (AvgIpc) is 2.59. The van der Waals surface area contributed by atoms with Gasteiger partial charge >= 0.3 is 0 Å². The van der Waals surface area contributed by atoms with Gasteiger partial charge in [-0.1, -0.05) is 39.5 Å². The normalized spacial score (nSPS) is 19.2. The molecule has 0 aromatic heterocycles. The van der Waals surface area contributed by atoms with E-state index in [2.05, 4.69) is 13.8 Å². The molecule has 0 aromatic rings. The molecular weight excluding hydrogens is 163 g/mol. The molecule has 0 heterocycles. The van der Waals surface area contributed by atoms with Crippen LogP contribution in [0.15, 0.2) is 0 Å². The van der Waals surface area contributed by atoms with Crippen LogP contribution in [-0.4, -0.2) is 18.5 Å². The molecule has 1 saturated carbocycles. The van der Waals surface area contributed by atoms with Gasteiger partial charge in [-0.05, 0) is 30.8 Å². The second-order valence-corrected chi connectivity index (χ2v) is 7.02. The van der Waals surface area contributed by atoms with E-state index in [9.17, 15) is 0 Å². The molecule has 0 nitrogen and oxygen atoms in total. The molecule has 1 rings (SSSR count).